The zero-order valence-electron chi connectivity index (χ0n) is 17.8. The van der Waals surface area contributed by atoms with E-state index in [1.807, 2.05) is 0 Å². The summed E-state index contributed by atoms with van der Waals surface area (Å²) in [5.41, 5.74) is 8.27. The molecule has 0 N–H and O–H groups in total. The van der Waals surface area contributed by atoms with Gasteiger partial charge in [0, 0.05) is 24.2 Å². The molecule has 0 amide bonds. The lowest BCUT2D eigenvalue weighted by Gasteiger charge is -2.25. The lowest BCUT2D eigenvalue weighted by Crippen LogP contribution is -2.29. The van der Waals surface area contributed by atoms with Crippen molar-refractivity contribution < 1.29 is 4.74 Å². The summed E-state index contributed by atoms with van der Waals surface area (Å²) in [6, 6.07) is 29.2. The third-order valence-electron chi connectivity index (χ3n) is 6.80. The van der Waals surface area contributed by atoms with Gasteiger partial charge in [0.2, 0.25) is 0 Å². The smallest absolute Gasteiger partial charge is 0.118 e. The molecular weight excluding hydrogens is 366 g/mol. The van der Waals surface area contributed by atoms with Crippen LogP contribution in [0.5, 0.6) is 5.75 Å². The molecule has 152 valence electrons. The van der Waals surface area contributed by atoms with E-state index in [0.717, 1.165) is 12.3 Å². The molecule has 0 bridgehead atoms. The van der Waals surface area contributed by atoms with Gasteiger partial charge in [0.1, 0.15) is 5.75 Å². The molecule has 1 saturated carbocycles. The van der Waals surface area contributed by atoms with Crippen LogP contribution in [-0.2, 0) is 0 Å². The molecule has 1 aliphatic heterocycles. The van der Waals surface area contributed by atoms with Gasteiger partial charge in [0.25, 0.3) is 0 Å². The summed E-state index contributed by atoms with van der Waals surface area (Å²) in [7, 11) is 1.73. The molecule has 3 aromatic rings. The molecule has 0 spiro atoms. The second-order valence-electron chi connectivity index (χ2n) is 8.56. The minimum absolute atomic E-state index is 0.611. The number of hydrogen-bond donors (Lipinski definition) is 0. The number of aryl methyl sites for hydroxylation is 1. The maximum atomic E-state index is 5.41. The molecule has 1 saturated heterocycles. The van der Waals surface area contributed by atoms with Crippen LogP contribution >= 0.6 is 0 Å². The van der Waals surface area contributed by atoms with E-state index in [4.69, 9.17) is 4.74 Å². The normalized spacial score (nSPS) is 22.1. The average molecular weight is 396 g/mol. The van der Waals surface area contributed by atoms with Crippen LogP contribution in [0.4, 0.5) is 5.69 Å². The summed E-state index contributed by atoms with van der Waals surface area (Å²) in [5, 5.41) is 0. The first-order valence-corrected chi connectivity index (χ1v) is 11.0. The van der Waals surface area contributed by atoms with Crippen LogP contribution in [0.1, 0.15) is 36.0 Å². The summed E-state index contributed by atoms with van der Waals surface area (Å²) >= 11 is 0. The second kappa shape index (κ2) is 8.02. The lowest BCUT2D eigenvalue weighted by atomic mass is 9.86. The number of fused-ring (bicyclic) bond motifs is 1. The Kier molecular flexibility index (Phi) is 5.08. The van der Waals surface area contributed by atoms with Gasteiger partial charge in [-0.05, 0) is 66.3 Å². The highest BCUT2D eigenvalue weighted by Crippen LogP contribution is 2.47. The first-order chi connectivity index (χ1) is 14.7. The van der Waals surface area contributed by atoms with E-state index in [0.29, 0.717) is 12.0 Å². The Labute approximate surface area is 179 Å². The van der Waals surface area contributed by atoms with Crippen LogP contribution in [-0.4, -0.2) is 19.7 Å². The fourth-order valence-electron chi connectivity index (χ4n) is 5.32. The predicted molar refractivity (Wildman–Crippen MR) is 125 cm³/mol. The molecule has 2 aliphatic rings. The fraction of sp³-hybridized carbons (Fsp3) is 0.286. The fourth-order valence-corrected chi connectivity index (χ4v) is 5.32. The predicted octanol–water partition coefficient (Wildman–Crippen LogP) is 6.49. The van der Waals surface area contributed by atoms with Crippen LogP contribution in [0.25, 0.3) is 5.57 Å². The quantitative estimate of drug-likeness (QED) is 0.500. The van der Waals surface area contributed by atoms with Gasteiger partial charge in [0.15, 0.2) is 0 Å². The van der Waals surface area contributed by atoms with Crippen LogP contribution in [0.2, 0.25) is 0 Å². The summed E-state index contributed by atoms with van der Waals surface area (Å²) in [6.07, 6.45) is 3.88. The van der Waals surface area contributed by atoms with Gasteiger partial charge in [-0.1, -0.05) is 66.6 Å². The SMILES string of the molecule is COc1ccc(/C(=C2/CN(c3ccc(C)cc3)C3CCCC23)c2ccccc2)cc1. The third kappa shape index (κ3) is 3.41. The van der Waals surface area contributed by atoms with Crippen molar-refractivity contribution >= 4 is 11.3 Å². The summed E-state index contributed by atoms with van der Waals surface area (Å²) in [5.74, 6) is 1.53. The molecule has 5 rings (SSSR count). The molecule has 2 nitrogen and oxygen atoms in total. The largest absolute Gasteiger partial charge is 0.497 e. The number of benzene rings is 3. The van der Waals surface area contributed by atoms with Crippen molar-refractivity contribution in [2.24, 2.45) is 5.92 Å². The number of ether oxygens (including phenoxy) is 1. The molecule has 2 heteroatoms. The van der Waals surface area contributed by atoms with Gasteiger partial charge >= 0.3 is 0 Å². The van der Waals surface area contributed by atoms with Crippen molar-refractivity contribution in [3.8, 4) is 5.75 Å². The highest BCUT2D eigenvalue weighted by Gasteiger charge is 2.42. The van der Waals surface area contributed by atoms with Gasteiger partial charge in [-0.3, -0.25) is 0 Å². The number of nitrogens with zero attached hydrogens (tertiary/aromatic N) is 1. The molecule has 3 aromatic carbocycles. The van der Waals surface area contributed by atoms with Gasteiger partial charge < -0.3 is 9.64 Å². The van der Waals surface area contributed by atoms with E-state index in [2.05, 4.69) is 90.7 Å². The van der Waals surface area contributed by atoms with Gasteiger partial charge in [-0.25, -0.2) is 0 Å². The molecular formula is C28H29NO. The van der Waals surface area contributed by atoms with Crippen LogP contribution in [0, 0.1) is 12.8 Å². The Balaban J connectivity index is 1.64. The first-order valence-electron chi connectivity index (χ1n) is 11.0. The van der Waals surface area contributed by atoms with Gasteiger partial charge in [-0.15, -0.1) is 0 Å². The summed E-state index contributed by atoms with van der Waals surface area (Å²) in [6.45, 7) is 3.17. The van der Waals surface area contributed by atoms with Gasteiger partial charge in [-0.2, -0.15) is 0 Å². The highest BCUT2D eigenvalue weighted by molar-refractivity contribution is 5.84. The Hall–Kier alpha value is -3.00. The Bertz CT molecular complexity index is 1030. The summed E-state index contributed by atoms with van der Waals surface area (Å²) in [4.78, 5) is 2.65. The maximum absolute atomic E-state index is 5.41. The van der Waals surface area contributed by atoms with Crippen molar-refractivity contribution in [1.29, 1.82) is 0 Å². The molecule has 1 aliphatic carbocycles. The van der Waals surface area contributed by atoms with E-state index in [1.165, 1.54) is 47.2 Å². The Morgan fingerprint density at radius 3 is 2.23 bits per heavy atom. The zero-order valence-corrected chi connectivity index (χ0v) is 17.8. The van der Waals surface area contributed by atoms with E-state index in [1.54, 1.807) is 12.7 Å². The molecule has 0 aromatic heterocycles. The van der Waals surface area contributed by atoms with Crippen LogP contribution in [0.15, 0.2) is 84.4 Å². The monoisotopic (exact) mass is 395 g/mol. The van der Waals surface area contributed by atoms with Crippen molar-refractivity contribution in [2.45, 2.75) is 32.2 Å². The second-order valence-corrected chi connectivity index (χ2v) is 8.56. The van der Waals surface area contributed by atoms with Crippen molar-refractivity contribution in [1.82, 2.24) is 0 Å². The molecule has 0 radical (unpaired) electrons. The number of rotatable bonds is 4. The number of anilines is 1. The van der Waals surface area contributed by atoms with Crippen LogP contribution < -0.4 is 9.64 Å². The van der Waals surface area contributed by atoms with Gasteiger partial charge in [0.05, 0.1) is 7.11 Å². The Morgan fingerprint density at radius 1 is 0.833 bits per heavy atom. The lowest BCUT2D eigenvalue weighted by molar-refractivity contribution is 0.415. The standard InChI is InChI=1S/C28H29NO/c1-20-11-15-23(16-12-20)29-19-26(25-9-6-10-27(25)29)28(21-7-4-3-5-8-21)22-13-17-24(30-2)18-14-22/h3-5,7-8,11-18,25,27H,6,9-10,19H2,1-2H3/b28-26-. The number of methoxy groups -OCH3 is 1. The molecule has 2 atom stereocenters. The molecule has 2 unspecified atom stereocenters. The maximum Gasteiger partial charge on any atom is 0.118 e. The summed E-state index contributed by atoms with van der Waals surface area (Å²) < 4.78 is 5.41. The van der Waals surface area contributed by atoms with Crippen molar-refractivity contribution in [3.63, 3.8) is 0 Å². The van der Waals surface area contributed by atoms with E-state index < -0.39 is 0 Å². The Morgan fingerprint density at radius 2 is 1.53 bits per heavy atom. The van der Waals surface area contributed by atoms with E-state index in [-0.39, 0.29) is 0 Å². The van der Waals surface area contributed by atoms with Crippen LogP contribution in [0.3, 0.4) is 0 Å². The van der Waals surface area contributed by atoms with Crippen molar-refractivity contribution in [2.75, 3.05) is 18.6 Å². The molecule has 30 heavy (non-hydrogen) atoms. The molecule has 2 fully saturated rings. The van der Waals surface area contributed by atoms with E-state index in [9.17, 15) is 0 Å². The highest BCUT2D eigenvalue weighted by atomic mass is 16.5. The average Bonchev–Trinajstić information content (AvgIpc) is 3.40. The first kappa shape index (κ1) is 19.0. The van der Waals surface area contributed by atoms with Crippen molar-refractivity contribution in [3.05, 3.63) is 101 Å². The molecule has 1 heterocycles. The van der Waals surface area contributed by atoms with E-state index >= 15 is 0 Å². The third-order valence-corrected chi connectivity index (χ3v) is 6.80. The minimum atomic E-state index is 0.611. The topological polar surface area (TPSA) is 12.5 Å². The zero-order chi connectivity index (χ0) is 20.5. The minimum Gasteiger partial charge on any atom is -0.497 e. The number of hydrogen-bond acceptors (Lipinski definition) is 2.